The monoisotopic (exact) mass is 351 g/mol. The molecule has 24 heavy (non-hydrogen) atoms. The van der Waals surface area contributed by atoms with Crippen LogP contribution in [0.2, 0.25) is 0 Å². The molecule has 1 saturated heterocycles. The van der Waals surface area contributed by atoms with Crippen LogP contribution in [0.15, 0.2) is 29.2 Å². The van der Waals surface area contributed by atoms with Crippen molar-refractivity contribution in [2.24, 2.45) is 0 Å². The maximum absolute atomic E-state index is 12.2. The van der Waals surface area contributed by atoms with Gasteiger partial charge in [-0.15, -0.1) is 0 Å². The molecule has 1 aromatic rings. The summed E-state index contributed by atoms with van der Waals surface area (Å²) in [6, 6.07) is 6.02. The Kier molecular flexibility index (Phi) is 4.97. The van der Waals surface area contributed by atoms with E-state index in [1.165, 1.54) is 31.4 Å². The molecule has 1 saturated carbocycles. The van der Waals surface area contributed by atoms with Crippen LogP contribution in [0, 0.1) is 0 Å². The quantitative estimate of drug-likeness (QED) is 0.905. The maximum Gasteiger partial charge on any atom is 0.251 e. The topological polar surface area (TPSA) is 72.5 Å². The van der Waals surface area contributed by atoms with E-state index in [2.05, 4.69) is 5.32 Å². The Hall–Kier alpha value is -1.40. The van der Waals surface area contributed by atoms with Crippen LogP contribution >= 0.6 is 0 Å². The number of nitrogens with one attached hydrogen (secondary N) is 1. The molecular formula is C18H25NO4S. The second-order valence-corrected chi connectivity index (χ2v) is 9.04. The minimum absolute atomic E-state index is 0.0603. The van der Waals surface area contributed by atoms with Crippen LogP contribution in [0.5, 0.6) is 0 Å². The lowest BCUT2D eigenvalue weighted by atomic mass is 9.83. The van der Waals surface area contributed by atoms with Gasteiger partial charge in [0, 0.05) is 18.4 Å². The zero-order valence-corrected chi connectivity index (χ0v) is 14.9. The first-order valence-electron chi connectivity index (χ1n) is 8.64. The predicted molar refractivity (Wildman–Crippen MR) is 91.8 cm³/mol. The van der Waals surface area contributed by atoms with Crippen molar-refractivity contribution < 1.29 is 17.9 Å². The van der Waals surface area contributed by atoms with Gasteiger partial charge in [-0.1, -0.05) is 19.3 Å². The molecule has 1 N–H and O–H groups in total. The molecular weight excluding hydrogens is 326 g/mol. The Morgan fingerprint density at radius 1 is 1.17 bits per heavy atom. The van der Waals surface area contributed by atoms with Gasteiger partial charge in [0.1, 0.15) is 0 Å². The van der Waals surface area contributed by atoms with E-state index in [1.807, 2.05) is 0 Å². The largest absolute Gasteiger partial charge is 0.370 e. The molecule has 6 heteroatoms. The number of amides is 1. The average Bonchev–Trinajstić information content (AvgIpc) is 2.95. The zero-order chi connectivity index (χ0) is 17.2. The highest BCUT2D eigenvalue weighted by atomic mass is 32.2. The van der Waals surface area contributed by atoms with Crippen LogP contribution in [0.3, 0.4) is 0 Å². The first-order valence-corrected chi connectivity index (χ1v) is 10.5. The SMILES string of the molecule is CS(=O)(=O)c1ccc(C(=O)NCC2CCC3(CCCCC3)O2)cc1. The van der Waals surface area contributed by atoms with E-state index in [-0.39, 0.29) is 22.5 Å². The number of carbonyl (C=O) groups is 1. The lowest BCUT2D eigenvalue weighted by molar-refractivity contribution is -0.0618. The highest BCUT2D eigenvalue weighted by Crippen LogP contribution is 2.41. The third-order valence-corrected chi connectivity index (χ3v) is 6.27. The Labute approximate surface area is 143 Å². The Morgan fingerprint density at radius 2 is 1.83 bits per heavy atom. The van der Waals surface area contributed by atoms with E-state index < -0.39 is 9.84 Å². The molecule has 1 unspecified atom stereocenters. The van der Waals surface area contributed by atoms with Crippen molar-refractivity contribution >= 4 is 15.7 Å². The third-order valence-electron chi connectivity index (χ3n) is 5.14. The molecule has 2 fully saturated rings. The number of rotatable bonds is 4. The summed E-state index contributed by atoms with van der Waals surface area (Å²) in [5, 5.41) is 2.91. The smallest absolute Gasteiger partial charge is 0.251 e. The first-order chi connectivity index (χ1) is 11.4. The Morgan fingerprint density at radius 3 is 2.46 bits per heavy atom. The molecule has 1 aromatic carbocycles. The number of benzene rings is 1. The molecule has 2 aliphatic rings. The van der Waals surface area contributed by atoms with Gasteiger partial charge in [-0.25, -0.2) is 8.42 Å². The van der Waals surface area contributed by atoms with E-state index in [9.17, 15) is 13.2 Å². The van der Waals surface area contributed by atoms with Crippen molar-refractivity contribution in [1.82, 2.24) is 5.32 Å². The van der Waals surface area contributed by atoms with Crippen LogP contribution < -0.4 is 5.32 Å². The maximum atomic E-state index is 12.2. The normalized spacial score (nSPS) is 23.3. The minimum Gasteiger partial charge on any atom is -0.370 e. The lowest BCUT2D eigenvalue weighted by Crippen LogP contribution is -2.36. The number of carbonyl (C=O) groups excluding carboxylic acids is 1. The van der Waals surface area contributed by atoms with Crippen molar-refractivity contribution in [3.8, 4) is 0 Å². The van der Waals surface area contributed by atoms with Crippen molar-refractivity contribution in [1.29, 1.82) is 0 Å². The summed E-state index contributed by atoms with van der Waals surface area (Å²) >= 11 is 0. The molecule has 0 aromatic heterocycles. The molecule has 1 amide bonds. The fraction of sp³-hybridized carbons (Fsp3) is 0.611. The third kappa shape index (κ3) is 3.98. The summed E-state index contributed by atoms with van der Waals surface area (Å²) in [5.41, 5.74) is 0.526. The summed E-state index contributed by atoms with van der Waals surface area (Å²) in [4.78, 5) is 12.4. The van der Waals surface area contributed by atoms with Gasteiger partial charge in [-0.3, -0.25) is 4.79 Å². The van der Waals surface area contributed by atoms with Crippen LogP contribution in [0.4, 0.5) is 0 Å². The van der Waals surface area contributed by atoms with E-state index in [0.717, 1.165) is 31.9 Å². The first kappa shape index (κ1) is 17.4. The molecule has 5 nitrogen and oxygen atoms in total. The molecule has 0 radical (unpaired) electrons. The summed E-state index contributed by atoms with van der Waals surface area (Å²) < 4.78 is 29.1. The predicted octanol–water partition coefficient (Wildman–Crippen LogP) is 2.70. The van der Waals surface area contributed by atoms with Gasteiger partial charge in [-0.05, 0) is 49.9 Å². The van der Waals surface area contributed by atoms with Crippen molar-refractivity contribution in [3.63, 3.8) is 0 Å². The van der Waals surface area contributed by atoms with E-state index in [4.69, 9.17) is 4.74 Å². The Bertz CT molecular complexity index is 690. The second kappa shape index (κ2) is 6.84. The van der Waals surface area contributed by atoms with E-state index >= 15 is 0 Å². The fourth-order valence-electron chi connectivity index (χ4n) is 3.77. The van der Waals surface area contributed by atoms with Crippen molar-refractivity contribution in [2.75, 3.05) is 12.8 Å². The molecule has 1 heterocycles. The number of hydrogen-bond acceptors (Lipinski definition) is 4. The molecule has 1 aliphatic heterocycles. The summed E-state index contributed by atoms with van der Waals surface area (Å²) in [6.45, 7) is 0.508. The van der Waals surface area contributed by atoms with Gasteiger partial charge in [0.25, 0.3) is 5.91 Å². The van der Waals surface area contributed by atoms with Gasteiger partial charge in [0.05, 0.1) is 16.6 Å². The lowest BCUT2D eigenvalue weighted by Gasteiger charge is -2.33. The molecule has 1 atom stereocenters. The van der Waals surface area contributed by atoms with Gasteiger partial charge < -0.3 is 10.1 Å². The highest BCUT2D eigenvalue weighted by molar-refractivity contribution is 7.90. The van der Waals surface area contributed by atoms with E-state index in [0.29, 0.717) is 12.1 Å². The summed E-state index contributed by atoms with van der Waals surface area (Å²) in [7, 11) is -3.24. The summed E-state index contributed by atoms with van der Waals surface area (Å²) in [6.07, 6.45) is 9.40. The van der Waals surface area contributed by atoms with Crippen LogP contribution in [0.1, 0.15) is 55.3 Å². The average molecular weight is 351 g/mol. The molecule has 132 valence electrons. The number of ether oxygens (including phenoxy) is 1. The fourth-order valence-corrected chi connectivity index (χ4v) is 4.40. The molecule has 1 spiro atoms. The molecule has 0 bridgehead atoms. The second-order valence-electron chi connectivity index (χ2n) is 7.03. The molecule has 1 aliphatic carbocycles. The zero-order valence-electron chi connectivity index (χ0n) is 14.1. The van der Waals surface area contributed by atoms with Crippen molar-refractivity contribution in [3.05, 3.63) is 29.8 Å². The van der Waals surface area contributed by atoms with Gasteiger partial charge in [-0.2, -0.15) is 0 Å². The number of sulfone groups is 1. The van der Waals surface area contributed by atoms with E-state index in [1.54, 1.807) is 12.1 Å². The highest BCUT2D eigenvalue weighted by Gasteiger charge is 2.40. The summed E-state index contributed by atoms with van der Waals surface area (Å²) in [5.74, 6) is -0.191. The van der Waals surface area contributed by atoms with Gasteiger partial charge in [0.2, 0.25) is 0 Å². The molecule has 3 rings (SSSR count). The minimum atomic E-state index is -3.24. The van der Waals surface area contributed by atoms with Gasteiger partial charge in [0.15, 0.2) is 9.84 Å². The Balaban J connectivity index is 1.52. The standard InChI is InChI=1S/C18H25NO4S/c1-24(21,22)16-7-5-14(6-8-16)17(20)19-13-15-9-12-18(23-15)10-3-2-4-11-18/h5-8,15H,2-4,9-13H2,1H3,(H,19,20). The number of hydrogen-bond donors (Lipinski definition) is 1. The van der Waals surface area contributed by atoms with Crippen LogP contribution in [-0.4, -0.2) is 38.8 Å². The van der Waals surface area contributed by atoms with Crippen LogP contribution in [-0.2, 0) is 14.6 Å². The van der Waals surface area contributed by atoms with Crippen LogP contribution in [0.25, 0.3) is 0 Å². The van der Waals surface area contributed by atoms with Gasteiger partial charge >= 0.3 is 0 Å². The van der Waals surface area contributed by atoms with Crippen molar-refractivity contribution in [2.45, 2.75) is 61.5 Å².